The van der Waals surface area contributed by atoms with Gasteiger partial charge in [0.05, 0.1) is 84.1 Å². The smallest absolute Gasteiger partial charge is 0.260 e. The molecule has 1 aliphatic carbocycles. The molecular weight excluding hydrogens is 1000 g/mol. The van der Waals surface area contributed by atoms with Crippen LogP contribution in [-0.2, 0) is 53.0 Å². The molecule has 4 unspecified atom stereocenters. The van der Waals surface area contributed by atoms with Gasteiger partial charge in [-0.1, -0.05) is 86.2 Å². The summed E-state index contributed by atoms with van der Waals surface area (Å²) in [6.07, 6.45) is 15.5. The molecule has 78 heavy (non-hydrogen) atoms. The number of carbonyl (C=O) groups excluding carboxylic acids is 3. The Balaban J connectivity index is 0.726. The van der Waals surface area contributed by atoms with Crippen LogP contribution in [0.25, 0.3) is 0 Å². The lowest BCUT2D eigenvalue weighted by molar-refractivity contribution is -0.136. The van der Waals surface area contributed by atoms with Crippen LogP contribution in [0.1, 0.15) is 170 Å². The van der Waals surface area contributed by atoms with Crippen molar-refractivity contribution in [1.29, 1.82) is 10.8 Å². The lowest BCUT2D eigenvalue weighted by Crippen LogP contribution is -2.47. The number of aromatic nitrogens is 3. The van der Waals surface area contributed by atoms with E-state index in [0.717, 1.165) is 81.3 Å². The molecule has 2 aliphatic heterocycles. The van der Waals surface area contributed by atoms with Crippen LogP contribution < -0.4 is 5.32 Å². The Hall–Kier alpha value is -5.05. The van der Waals surface area contributed by atoms with E-state index in [0.29, 0.717) is 121 Å². The van der Waals surface area contributed by atoms with Gasteiger partial charge >= 0.3 is 0 Å². The van der Waals surface area contributed by atoms with Crippen LogP contribution in [0.2, 0.25) is 0 Å². The lowest BCUT2D eigenvalue weighted by Gasteiger charge is -2.36. The van der Waals surface area contributed by atoms with E-state index in [2.05, 4.69) is 34.4 Å². The molecule has 0 radical (unpaired) electrons. The van der Waals surface area contributed by atoms with Gasteiger partial charge in [-0.3, -0.25) is 39.7 Å². The maximum Gasteiger partial charge on any atom is 0.260 e. The third kappa shape index (κ3) is 21.2. The van der Waals surface area contributed by atoms with Crippen molar-refractivity contribution >= 4 is 29.4 Å². The lowest BCUT2D eigenvalue weighted by atomic mass is 9.86. The maximum atomic E-state index is 13.9. The predicted octanol–water partition coefficient (Wildman–Crippen LogP) is 9.93. The minimum atomic E-state index is -2.67. The molecule has 3 fully saturated rings. The average Bonchev–Trinajstić information content (AvgIpc) is 4.03. The first kappa shape index (κ1) is 62.2. The highest BCUT2D eigenvalue weighted by molar-refractivity contribution is 6.07. The van der Waals surface area contributed by atoms with E-state index < -0.39 is 5.92 Å². The standard InChI is InChI=1S/C59H89F2N9O8/c1-45-18-23-53(68(45)31-26-54(49-15-11-10-12-16-49)64-57(72)50-24-28-59(60,61)29-25-50)41-46(2)70(47(3)62)55(63)17-13-8-6-4-5-7-9-14-30-67-42-52(65-66-67)44-78-40-38-76-36-34-74-33-35-75-37-39-77-43-48-19-21-51(22-20-48)58(73)69-32-27-56(69)71/h10-12,15-16,19-22,42,45-46,50,53-54,62-63H,4-9,13-14,17-18,23-41,43-44H2,1-3H3,(H,64,72). The number of rotatable bonds is 37. The van der Waals surface area contributed by atoms with E-state index >= 15 is 0 Å². The van der Waals surface area contributed by atoms with Gasteiger partial charge < -0.3 is 33.9 Å². The highest BCUT2D eigenvalue weighted by Gasteiger charge is 2.39. The summed E-state index contributed by atoms with van der Waals surface area (Å²) in [7, 11) is 0. The van der Waals surface area contributed by atoms with Gasteiger partial charge in [-0.2, -0.15) is 0 Å². The summed E-state index contributed by atoms with van der Waals surface area (Å²) in [6.45, 7) is 12.7. The van der Waals surface area contributed by atoms with Crippen LogP contribution >= 0.6 is 0 Å². The highest BCUT2D eigenvalue weighted by atomic mass is 19.3. The normalized spacial score (nSPS) is 18.4. The van der Waals surface area contributed by atoms with E-state index in [1.807, 2.05) is 58.2 Å². The second kappa shape index (κ2) is 33.5. The number of halogens is 2. The number of imide groups is 1. The fourth-order valence-corrected chi connectivity index (χ4v) is 10.8. The van der Waals surface area contributed by atoms with Crippen LogP contribution in [-0.4, -0.2) is 149 Å². The van der Waals surface area contributed by atoms with Crippen LogP contribution in [0.4, 0.5) is 8.78 Å². The molecular formula is C59H89F2N9O8. The summed E-state index contributed by atoms with van der Waals surface area (Å²) < 4.78 is 57.7. The Labute approximate surface area is 461 Å². The fraction of sp³-hybridized carbons (Fsp3) is 0.678. The van der Waals surface area contributed by atoms with E-state index in [4.69, 9.17) is 34.5 Å². The van der Waals surface area contributed by atoms with Gasteiger partial charge in [0.2, 0.25) is 17.7 Å². The monoisotopic (exact) mass is 1090 g/mol. The number of unbranched alkanes of at least 4 members (excludes halogenated alkanes) is 7. The van der Waals surface area contributed by atoms with Gasteiger partial charge in [-0.05, 0) is 95.4 Å². The molecule has 1 aromatic heterocycles. The Morgan fingerprint density at radius 3 is 1.99 bits per heavy atom. The van der Waals surface area contributed by atoms with Crippen LogP contribution in [0.3, 0.4) is 0 Å². The summed E-state index contributed by atoms with van der Waals surface area (Å²) in [6, 6.07) is 17.6. The summed E-state index contributed by atoms with van der Waals surface area (Å²) in [5.74, 6) is -2.63. The number of aryl methyl sites for hydroxylation is 1. The number of β-lactam (4-membered cyclic amide) rings is 1. The Bertz CT molecular complexity index is 2260. The third-order valence-corrected chi connectivity index (χ3v) is 15.4. The molecule has 432 valence electrons. The minimum absolute atomic E-state index is 0.0110. The van der Waals surface area contributed by atoms with Crippen LogP contribution in [0.15, 0.2) is 60.8 Å². The van der Waals surface area contributed by atoms with Crippen LogP contribution in [0, 0.1) is 16.7 Å². The zero-order valence-electron chi connectivity index (χ0n) is 46.8. The molecule has 17 nitrogen and oxygen atoms in total. The number of benzene rings is 2. The Morgan fingerprint density at radius 2 is 1.38 bits per heavy atom. The van der Waals surface area contributed by atoms with Crippen molar-refractivity contribution in [1.82, 2.24) is 35.0 Å². The fourth-order valence-electron chi connectivity index (χ4n) is 10.8. The first-order valence-electron chi connectivity index (χ1n) is 28.9. The molecule has 19 heteroatoms. The van der Waals surface area contributed by atoms with E-state index in [-0.39, 0.29) is 61.4 Å². The number of alkyl halides is 2. The zero-order chi connectivity index (χ0) is 55.5. The highest BCUT2D eigenvalue weighted by Crippen LogP contribution is 2.37. The molecule has 3 amide bonds. The van der Waals surface area contributed by atoms with Crippen molar-refractivity contribution in [2.75, 3.05) is 65.9 Å². The molecule has 3 aromatic rings. The Kier molecular flexibility index (Phi) is 26.7. The van der Waals surface area contributed by atoms with Gasteiger partial charge in [0.25, 0.3) is 5.91 Å². The zero-order valence-corrected chi connectivity index (χ0v) is 46.8. The first-order chi connectivity index (χ1) is 37.8. The predicted molar refractivity (Wildman–Crippen MR) is 296 cm³/mol. The van der Waals surface area contributed by atoms with Gasteiger partial charge in [0.15, 0.2) is 0 Å². The van der Waals surface area contributed by atoms with Crippen molar-refractivity contribution in [3.8, 4) is 0 Å². The van der Waals surface area contributed by atoms with Gasteiger partial charge in [0.1, 0.15) is 11.5 Å². The first-order valence-corrected chi connectivity index (χ1v) is 28.9. The number of hydrogen-bond acceptors (Lipinski definition) is 13. The number of ether oxygens (including phenoxy) is 5. The number of nitrogens with one attached hydrogen (secondary N) is 3. The number of hydrogen-bond donors (Lipinski definition) is 3. The van der Waals surface area contributed by atoms with Gasteiger partial charge in [-0.25, -0.2) is 8.78 Å². The summed E-state index contributed by atoms with van der Waals surface area (Å²) in [5, 5.41) is 29.4. The SMILES string of the molecule is CC(=N)N(C(=N)CCCCCCCCCCn1cc(COCCOCCOCCOCCOCc2ccc(C(=O)N3CCC3=O)cc2)nn1)C(C)CC1CCC(C)N1CCC(NC(=O)C1CCC(F)(F)CC1)c1ccccc1. The number of amidine groups is 2. The Morgan fingerprint density at radius 1 is 0.782 bits per heavy atom. The molecule has 6 rings (SSSR count). The van der Waals surface area contributed by atoms with Gasteiger partial charge in [0, 0.05) is 74.9 Å². The molecule has 0 bridgehead atoms. The van der Waals surface area contributed by atoms with Crippen molar-refractivity contribution in [2.45, 2.75) is 186 Å². The second-order valence-electron chi connectivity index (χ2n) is 21.5. The average molecular weight is 1090 g/mol. The molecule has 2 aromatic carbocycles. The topological polar surface area (TPSA) is 198 Å². The van der Waals surface area contributed by atoms with Crippen molar-refractivity contribution < 1.29 is 46.8 Å². The number of carbonyl (C=O) groups is 3. The largest absolute Gasteiger partial charge is 0.377 e. The molecule has 3 heterocycles. The molecule has 1 saturated carbocycles. The minimum Gasteiger partial charge on any atom is -0.377 e. The number of amides is 3. The summed E-state index contributed by atoms with van der Waals surface area (Å²) >= 11 is 0. The van der Waals surface area contributed by atoms with E-state index in [9.17, 15) is 23.2 Å². The second-order valence-corrected chi connectivity index (χ2v) is 21.5. The summed E-state index contributed by atoms with van der Waals surface area (Å²) in [5.41, 5.74) is 3.26. The van der Waals surface area contributed by atoms with Crippen LogP contribution in [0.5, 0.6) is 0 Å². The number of likely N-dealkylation sites (tertiary alicyclic amines) is 2. The molecule has 2 saturated heterocycles. The number of nitrogens with zero attached hydrogens (tertiary/aromatic N) is 6. The van der Waals surface area contributed by atoms with Crippen molar-refractivity contribution in [2.24, 2.45) is 5.92 Å². The van der Waals surface area contributed by atoms with E-state index in [1.165, 1.54) is 24.2 Å². The molecule has 4 atom stereocenters. The molecule has 3 aliphatic rings. The summed E-state index contributed by atoms with van der Waals surface area (Å²) in [4.78, 5) is 42.8. The molecule has 0 spiro atoms. The molecule has 3 N–H and O–H groups in total. The quantitative estimate of drug-likeness (QED) is 0.0163. The third-order valence-electron chi connectivity index (χ3n) is 15.4. The van der Waals surface area contributed by atoms with Gasteiger partial charge in [-0.15, -0.1) is 5.10 Å². The van der Waals surface area contributed by atoms with Crippen molar-refractivity contribution in [3.05, 3.63) is 83.2 Å². The maximum absolute atomic E-state index is 13.9. The van der Waals surface area contributed by atoms with E-state index in [1.54, 1.807) is 19.1 Å². The van der Waals surface area contributed by atoms with Crippen molar-refractivity contribution in [3.63, 3.8) is 0 Å².